The minimum absolute atomic E-state index is 0.321. The van der Waals surface area contributed by atoms with Crippen molar-refractivity contribution in [1.82, 2.24) is 4.98 Å². The molecule has 1 aromatic rings. The molecule has 1 aliphatic carbocycles. The predicted octanol–water partition coefficient (Wildman–Crippen LogP) is 1.88. The Balaban J connectivity index is 2.07. The lowest BCUT2D eigenvalue weighted by atomic mass is 9.96. The molecule has 66 valence electrons. The van der Waals surface area contributed by atoms with Gasteiger partial charge < -0.3 is 4.74 Å². The summed E-state index contributed by atoms with van der Waals surface area (Å²) in [5.74, 6) is 0.573. The standard InChI is InChI=1S/C10H10N2O/c11-7-8-4-5-12-10(6-8)13-9-2-1-3-9/h4-6,9H,1-3H2. The van der Waals surface area contributed by atoms with E-state index in [1.54, 1.807) is 18.3 Å². The molecule has 0 amide bonds. The fourth-order valence-corrected chi connectivity index (χ4v) is 1.20. The molecule has 3 nitrogen and oxygen atoms in total. The Morgan fingerprint density at radius 3 is 3.00 bits per heavy atom. The third kappa shape index (κ3) is 1.78. The molecule has 1 fully saturated rings. The van der Waals surface area contributed by atoms with Gasteiger partial charge in [-0.1, -0.05) is 0 Å². The monoisotopic (exact) mass is 174 g/mol. The first-order valence-electron chi connectivity index (χ1n) is 4.41. The molecule has 0 N–H and O–H groups in total. The van der Waals surface area contributed by atoms with Gasteiger partial charge in [-0.25, -0.2) is 4.98 Å². The minimum atomic E-state index is 0.321. The molecule has 0 unspecified atom stereocenters. The molecule has 0 atom stereocenters. The first kappa shape index (κ1) is 8.06. The third-order valence-electron chi connectivity index (χ3n) is 2.20. The number of hydrogen-bond acceptors (Lipinski definition) is 3. The second-order valence-electron chi connectivity index (χ2n) is 3.17. The van der Waals surface area contributed by atoms with E-state index in [2.05, 4.69) is 11.1 Å². The van der Waals surface area contributed by atoms with Gasteiger partial charge in [0.1, 0.15) is 6.10 Å². The SMILES string of the molecule is N#Cc1ccnc(OC2CCC2)c1. The molecule has 2 rings (SSSR count). The van der Waals surface area contributed by atoms with E-state index in [1.807, 2.05) is 0 Å². The lowest BCUT2D eigenvalue weighted by Crippen LogP contribution is -2.24. The van der Waals surface area contributed by atoms with Crippen LogP contribution >= 0.6 is 0 Å². The summed E-state index contributed by atoms with van der Waals surface area (Å²) in [6, 6.07) is 5.41. The number of aromatic nitrogens is 1. The van der Waals surface area contributed by atoms with Crippen LogP contribution in [0.3, 0.4) is 0 Å². The highest BCUT2D eigenvalue weighted by molar-refractivity contribution is 5.31. The van der Waals surface area contributed by atoms with Crippen molar-refractivity contribution in [2.45, 2.75) is 25.4 Å². The maximum absolute atomic E-state index is 8.63. The normalized spacial score (nSPS) is 15.9. The van der Waals surface area contributed by atoms with E-state index in [0.29, 0.717) is 17.5 Å². The molecule has 0 bridgehead atoms. The number of rotatable bonds is 2. The van der Waals surface area contributed by atoms with Crippen LogP contribution in [0.4, 0.5) is 0 Å². The van der Waals surface area contributed by atoms with Crippen LogP contribution in [0, 0.1) is 11.3 Å². The molecular weight excluding hydrogens is 164 g/mol. The van der Waals surface area contributed by atoms with Gasteiger partial charge in [0.05, 0.1) is 11.6 Å². The maximum Gasteiger partial charge on any atom is 0.214 e. The summed E-state index contributed by atoms with van der Waals surface area (Å²) >= 11 is 0. The quantitative estimate of drug-likeness (QED) is 0.687. The van der Waals surface area contributed by atoms with Crippen molar-refractivity contribution in [2.75, 3.05) is 0 Å². The van der Waals surface area contributed by atoms with Crippen molar-refractivity contribution < 1.29 is 4.74 Å². The van der Waals surface area contributed by atoms with Crippen LogP contribution in [0.5, 0.6) is 5.88 Å². The molecule has 0 saturated heterocycles. The van der Waals surface area contributed by atoms with Crippen LogP contribution in [0.25, 0.3) is 0 Å². The van der Waals surface area contributed by atoms with Gasteiger partial charge in [0.25, 0.3) is 0 Å². The summed E-state index contributed by atoms with van der Waals surface area (Å²) < 4.78 is 5.53. The Labute approximate surface area is 77.0 Å². The molecular formula is C10H10N2O. The first-order chi connectivity index (χ1) is 6.38. The van der Waals surface area contributed by atoms with E-state index in [1.165, 1.54) is 6.42 Å². The molecule has 3 heteroatoms. The van der Waals surface area contributed by atoms with E-state index in [4.69, 9.17) is 10.00 Å². The van der Waals surface area contributed by atoms with Crippen molar-refractivity contribution in [2.24, 2.45) is 0 Å². The molecule has 1 saturated carbocycles. The second kappa shape index (κ2) is 3.44. The zero-order valence-corrected chi connectivity index (χ0v) is 7.23. The highest BCUT2D eigenvalue weighted by atomic mass is 16.5. The second-order valence-corrected chi connectivity index (χ2v) is 3.17. The average molecular weight is 174 g/mol. The Hall–Kier alpha value is -1.56. The number of ether oxygens (including phenoxy) is 1. The smallest absolute Gasteiger partial charge is 0.214 e. The van der Waals surface area contributed by atoms with Gasteiger partial charge in [0.15, 0.2) is 0 Å². The van der Waals surface area contributed by atoms with Crippen molar-refractivity contribution in [3.8, 4) is 11.9 Å². The van der Waals surface area contributed by atoms with E-state index >= 15 is 0 Å². The maximum atomic E-state index is 8.63. The van der Waals surface area contributed by atoms with Crippen LogP contribution in [-0.2, 0) is 0 Å². The minimum Gasteiger partial charge on any atom is -0.474 e. The molecule has 0 spiro atoms. The Morgan fingerprint density at radius 2 is 2.38 bits per heavy atom. The first-order valence-corrected chi connectivity index (χ1v) is 4.41. The molecule has 0 radical (unpaired) electrons. The van der Waals surface area contributed by atoms with Crippen LogP contribution in [0.1, 0.15) is 24.8 Å². The summed E-state index contributed by atoms with van der Waals surface area (Å²) in [4.78, 5) is 4.04. The summed E-state index contributed by atoms with van der Waals surface area (Å²) in [5.41, 5.74) is 0.601. The molecule has 1 aromatic heterocycles. The lowest BCUT2D eigenvalue weighted by molar-refractivity contribution is 0.114. The van der Waals surface area contributed by atoms with Crippen molar-refractivity contribution in [1.29, 1.82) is 5.26 Å². The molecule has 1 heterocycles. The van der Waals surface area contributed by atoms with Gasteiger partial charge in [0.2, 0.25) is 5.88 Å². The van der Waals surface area contributed by atoms with Crippen molar-refractivity contribution in [3.05, 3.63) is 23.9 Å². The van der Waals surface area contributed by atoms with E-state index in [-0.39, 0.29) is 0 Å². The average Bonchev–Trinajstić information content (AvgIpc) is 2.12. The highest BCUT2D eigenvalue weighted by Gasteiger charge is 2.19. The highest BCUT2D eigenvalue weighted by Crippen LogP contribution is 2.23. The number of hydrogen-bond donors (Lipinski definition) is 0. The fourth-order valence-electron chi connectivity index (χ4n) is 1.20. The largest absolute Gasteiger partial charge is 0.474 e. The summed E-state index contributed by atoms with van der Waals surface area (Å²) in [7, 11) is 0. The topological polar surface area (TPSA) is 45.9 Å². The van der Waals surface area contributed by atoms with E-state index < -0.39 is 0 Å². The zero-order valence-electron chi connectivity index (χ0n) is 7.23. The molecule has 13 heavy (non-hydrogen) atoms. The van der Waals surface area contributed by atoms with Gasteiger partial charge >= 0.3 is 0 Å². The van der Waals surface area contributed by atoms with Crippen LogP contribution in [0.2, 0.25) is 0 Å². The van der Waals surface area contributed by atoms with Crippen LogP contribution < -0.4 is 4.74 Å². The molecule has 1 aliphatic rings. The van der Waals surface area contributed by atoms with Gasteiger partial charge in [-0.2, -0.15) is 5.26 Å². The van der Waals surface area contributed by atoms with Crippen LogP contribution in [0.15, 0.2) is 18.3 Å². The Morgan fingerprint density at radius 1 is 1.54 bits per heavy atom. The fraction of sp³-hybridized carbons (Fsp3) is 0.400. The summed E-state index contributed by atoms with van der Waals surface area (Å²) in [5, 5.41) is 8.63. The van der Waals surface area contributed by atoms with E-state index in [0.717, 1.165) is 12.8 Å². The third-order valence-corrected chi connectivity index (χ3v) is 2.20. The van der Waals surface area contributed by atoms with Gasteiger partial charge in [-0.05, 0) is 25.3 Å². The lowest BCUT2D eigenvalue weighted by Gasteiger charge is -2.25. The van der Waals surface area contributed by atoms with Gasteiger partial charge in [-0.15, -0.1) is 0 Å². The number of nitrogens with zero attached hydrogens (tertiary/aromatic N) is 2. The zero-order chi connectivity index (χ0) is 9.10. The van der Waals surface area contributed by atoms with Crippen molar-refractivity contribution >= 4 is 0 Å². The van der Waals surface area contributed by atoms with Gasteiger partial charge in [-0.3, -0.25) is 0 Å². The number of pyridine rings is 1. The summed E-state index contributed by atoms with van der Waals surface area (Å²) in [6.07, 6.45) is 5.38. The molecule has 0 aromatic carbocycles. The van der Waals surface area contributed by atoms with Gasteiger partial charge in [0, 0.05) is 12.3 Å². The molecule has 0 aliphatic heterocycles. The predicted molar refractivity (Wildman–Crippen MR) is 47.2 cm³/mol. The Kier molecular flexibility index (Phi) is 2.13. The van der Waals surface area contributed by atoms with Crippen molar-refractivity contribution in [3.63, 3.8) is 0 Å². The van der Waals surface area contributed by atoms with E-state index in [9.17, 15) is 0 Å². The Bertz CT molecular complexity index is 339. The number of nitriles is 1. The van der Waals surface area contributed by atoms with Crippen LogP contribution in [-0.4, -0.2) is 11.1 Å². The summed E-state index contributed by atoms with van der Waals surface area (Å²) in [6.45, 7) is 0.